The third-order valence-corrected chi connectivity index (χ3v) is 7.52. The summed E-state index contributed by atoms with van der Waals surface area (Å²) in [7, 11) is 4.66. The smallest absolute Gasteiger partial charge is 0.248 e. The van der Waals surface area contributed by atoms with E-state index in [2.05, 4.69) is 29.3 Å². The molecule has 6 heteroatoms. The van der Waals surface area contributed by atoms with Gasteiger partial charge in [0.2, 0.25) is 11.8 Å². The Bertz CT molecular complexity index is 839. The molecule has 1 fully saturated rings. The average molecular weight is 397 g/mol. The van der Waals surface area contributed by atoms with E-state index in [-0.39, 0.29) is 22.8 Å². The van der Waals surface area contributed by atoms with Crippen molar-refractivity contribution >= 4 is 20.4 Å². The predicted octanol–water partition coefficient (Wildman–Crippen LogP) is 2.35. The van der Waals surface area contributed by atoms with E-state index >= 15 is 0 Å². The van der Waals surface area contributed by atoms with E-state index in [9.17, 15) is 9.59 Å². The number of rotatable bonds is 8. The summed E-state index contributed by atoms with van der Waals surface area (Å²) in [5.74, 6) is -0.282. The molecular weight excluding hydrogens is 369 g/mol. The lowest BCUT2D eigenvalue weighted by atomic mass is 9.97. The average Bonchev–Trinajstić information content (AvgIpc) is 3.39. The molecule has 2 aromatic carbocycles. The number of nitrogens with two attached hydrogens (primary N) is 1. The van der Waals surface area contributed by atoms with Crippen molar-refractivity contribution in [3.05, 3.63) is 71.3 Å². The fourth-order valence-electron chi connectivity index (χ4n) is 3.46. The standard InChI is InChI=1S/C22H28N3O2P/c1-22(17-7-5-4-6-8-17)19(28-22)21(27)24-14-18(25(2)3)13-15-9-11-16(12-10-15)20(23)26/h4-12,18-19,28H,13-14H2,1-3H3,(H2,23,26)(H,24,27)/t18-,19+,22-/m0/s1. The summed E-state index contributed by atoms with van der Waals surface area (Å²) >= 11 is 0. The van der Waals surface area contributed by atoms with E-state index in [0.717, 1.165) is 12.0 Å². The van der Waals surface area contributed by atoms with Crippen LogP contribution < -0.4 is 11.1 Å². The Morgan fingerprint density at radius 3 is 2.36 bits per heavy atom. The minimum absolute atomic E-state index is 0.0243. The zero-order chi connectivity index (χ0) is 20.3. The quantitative estimate of drug-likeness (QED) is 0.672. The molecule has 1 aliphatic heterocycles. The number of amides is 2. The van der Waals surface area contributed by atoms with Crippen LogP contribution in [0.15, 0.2) is 54.6 Å². The molecule has 3 rings (SSSR count). The molecule has 5 nitrogen and oxygen atoms in total. The van der Waals surface area contributed by atoms with Crippen molar-refractivity contribution in [3.63, 3.8) is 0 Å². The minimum Gasteiger partial charge on any atom is -0.366 e. The summed E-state index contributed by atoms with van der Waals surface area (Å²) < 4.78 is 0. The molecule has 28 heavy (non-hydrogen) atoms. The second-order valence-corrected chi connectivity index (χ2v) is 9.68. The van der Waals surface area contributed by atoms with Crippen LogP contribution in [0.25, 0.3) is 0 Å². The first kappa shape index (κ1) is 20.5. The van der Waals surface area contributed by atoms with Crippen molar-refractivity contribution < 1.29 is 9.59 Å². The van der Waals surface area contributed by atoms with Crippen LogP contribution in [0.2, 0.25) is 0 Å². The topological polar surface area (TPSA) is 75.4 Å². The van der Waals surface area contributed by atoms with Crippen LogP contribution >= 0.6 is 8.58 Å². The van der Waals surface area contributed by atoms with E-state index in [0.29, 0.717) is 20.7 Å². The molecule has 0 aromatic heterocycles. The normalized spacial score (nSPS) is 22.8. The summed E-state index contributed by atoms with van der Waals surface area (Å²) in [5, 5.41) is 3.13. The number of hydrogen-bond donors (Lipinski definition) is 2. The molecule has 1 saturated heterocycles. The minimum atomic E-state index is -0.422. The van der Waals surface area contributed by atoms with E-state index in [4.69, 9.17) is 5.73 Å². The number of hydrogen-bond acceptors (Lipinski definition) is 3. The summed E-state index contributed by atoms with van der Waals surface area (Å²) in [6, 6.07) is 17.8. The van der Waals surface area contributed by atoms with Gasteiger partial charge in [0, 0.05) is 23.3 Å². The summed E-state index contributed by atoms with van der Waals surface area (Å²) in [5.41, 5.74) is 8.22. The first-order valence-corrected chi connectivity index (χ1v) is 10.5. The Hall–Kier alpha value is -2.23. The first-order chi connectivity index (χ1) is 13.3. The highest BCUT2D eigenvalue weighted by Crippen LogP contribution is 2.66. The van der Waals surface area contributed by atoms with Gasteiger partial charge >= 0.3 is 0 Å². The van der Waals surface area contributed by atoms with E-state index < -0.39 is 5.91 Å². The van der Waals surface area contributed by atoms with Crippen molar-refractivity contribution in [2.75, 3.05) is 20.6 Å². The van der Waals surface area contributed by atoms with Gasteiger partial charge in [0.05, 0.1) is 5.66 Å². The summed E-state index contributed by atoms with van der Waals surface area (Å²) in [6.45, 7) is 2.77. The number of nitrogens with zero attached hydrogens (tertiary/aromatic N) is 1. The van der Waals surface area contributed by atoms with Gasteiger partial charge in [-0.3, -0.25) is 9.59 Å². The van der Waals surface area contributed by atoms with Crippen LogP contribution in [0.4, 0.5) is 0 Å². The van der Waals surface area contributed by atoms with Crippen molar-refractivity contribution in [1.29, 1.82) is 0 Å². The monoisotopic (exact) mass is 397 g/mol. The van der Waals surface area contributed by atoms with Gasteiger partial charge in [0.15, 0.2) is 0 Å². The maximum atomic E-state index is 12.7. The fourth-order valence-corrected chi connectivity index (χ4v) is 4.84. The molecule has 0 aliphatic carbocycles. The molecule has 1 aliphatic rings. The molecular formula is C22H28N3O2P. The molecule has 2 aromatic rings. The molecule has 1 unspecified atom stereocenters. The summed E-state index contributed by atoms with van der Waals surface area (Å²) in [6.07, 6.45) is 0.787. The highest BCUT2D eigenvalue weighted by molar-refractivity contribution is 7.51. The van der Waals surface area contributed by atoms with Crippen molar-refractivity contribution in [2.24, 2.45) is 5.73 Å². The van der Waals surface area contributed by atoms with Crippen LogP contribution in [-0.4, -0.2) is 49.1 Å². The first-order valence-electron chi connectivity index (χ1n) is 9.47. The molecule has 1 heterocycles. The molecule has 3 N–H and O–H groups in total. The molecule has 148 valence electrons. The van der Waals surface area contributed by atoms with Crippen LogP contribution in [0, 0.1) is 0 Å². The predicted molar refractivity (Wildman–Crippen MR) is 115 cm³/mol. The Kier molecular flexibility index (Phi) is 6.17. The van der Waals surface area contributed by atoms with Crippen LogP contribution in [0.3, 0.4) is 0 Å². The van der Waals surface area contributed by atoms with E-state index in [1.807, 2.05) is 44.4 Å². The third-order valence-electron chi connectivity index (χ3n) is 5.53. The van der Waals surface area contributed by atoms with Gasteiger partial charge in [-0.05, 0) is 43.8 Å². The maximum Gasteiger partial charge on any atom is 0.248 e. The molecule has 0 bridgehead atoms. The third kappa shape index (κ3) is 4.60. The second kappa shape index (κ2) is 8.42. The fraction of sp³-hybridized carbons (Fsp3) is 0.364. The molecule has 4 atom stereocenters. The van der Waals surface area contributed by atoms with Gasteiger partial charge in [-0.25, -0.2) is 0 Å². The van der Waals surface area contributed by atoms with Crippen LogP contribution in [0.5, 0.6) is 0 Å². The lowest BCUT2D eigenvalue weighted by Gasteiger charge is -2.25. The maximum absolute atomic E-state index is 12.7. The number of nitrogens with one attached hydrogen (secondary N) is 1. The van der Waals surface area contributed by atoms with Gasteiger partial charge in [-0.2, -0.15) is 0 Å². The van der Waals surface area contributed by atoms with Crippen molar-refractivity contribution in [3.8, 4) is 0 Å². The Balaban J connectivity index is 1.57. The Labute approximate surface area is 168 Å². The van der Waals surface area contributed by atoms with Crippen molar-refractivity contribution in [2.45, 2.75) is 30.2 Å². The van der Waals surface area contributed by atoms with Gasteiger partial charge < -0.3 is 16.0 Å². The lowest BCUT2D eigenvalue weighted by Crippen LogP contribution is -2.43. The van der Waals surface area contributed by atoms with Gasteiger partial charge in [-0.1, -0.05) is 58.0 Å². The Morgan fingerprint density at radius 2 is 1.79 bits per heavy atom. The Morgan fingerprint density at radius 1 is 1.14 bits per heavy atom. The lowest BCUT2D eigenvalue weighted by molar-refractivity contribution is -0.120. The van der Waals surface area contributed by atoms with Crippen molar-refractivity contribution in [1.82, 2.24) is 10.2 Å². The number of benzene rings is 2. The number of carbonyl (C=O) groups excluding carboxylic acids is 2. The number of carbonyl (C=O) groups is 2. The van der Waals surface area contributed by atoms with Gasteiger partial charge in [-0.15, -0.1) is 0 Å². The molecule has 0 saturated carbocycles. The highest BCUT2D eigenvalue weighted by atomic mass is 31.1. The highest BCUT2D eigenvalue weighted by Gasteiger charge is 2.55. The summed E-state index contributed by atoms with van der Waals surface area (Å²) in [4.78, 5) is 26.1. The molecule has 0 spiro atoms. The zero-order valence-electron chi connectivity index (χ0n) is 16.6. The van der Waals surface area contributed by atoms with Crippen LogP contribution in [0.1, 0.15) is 28.4 Å². The van der Waals surface area contributed by atoms with Crippen LogP contribution in [-0.2, 0) is 16.4 Å². The largest absolute Gasteiger partial charge is 0.366 e. The SMILES string of the molecule is CN(C)[C@H](CNC(=O)[C@H]1P[C@@]1(C)c1ccccc1)Cc1ccc(C(N)=O)cc1. The number of primary amides is 1. The second-order valence-electron chi connectivity index (χ2n) is 7.77. The molecule has 2 amide bonds. The van der Waals surface area contributed by atoms with Gasteiger partial charge in [0.1, 0.15) is 0 Å². The van der Waals surface area contributed by atoms with Gasteiger partial charge in [0.25, 0.3) is 0 Å². The van der Waals surface area contributed by atoms with E-state index in [1.54, 1.807) is 12.1 Å². The zero-order valence-corrected chi connectivity index (χ0v) is 17.6. The molecule has 0 radical (unpaired) electrons. The van der Waals surface area contributed by atoms with E-state index in [1.165, 1.54) is 5.56 Å². The number of likely N-dealkylation sites (N-methyl/N-ethyl adjacent to an activating group) is 1.